The number of thiophene rings is 1. The molecular weight excluding hydrogens is 336 g/mol. The van der Waals surface area contributed by atoms with Crippen LogP contribution in [0.5, 0.6) is 0 Å². The first-order chi connectivity index (χ1) is 11.6. The van der Waals surface area contributed by atoms with Crippen LogP contribution in [0, 0.1) is 6.92 Å². The van der Waals surface area contributed by atoms with Crippen molar-refractivity contribution in [2.45, 2.75) is 6.92 Å². The maximum absolute atomic E-state index is 13.0. The lowest BCUT2D eigenvalue weighted by Gasteiger charge is -2.15. The van der Waals surface area contributed by atoms with Gasteiger partial charge in [0.1, 0.15) is 0 Å². The molecule has 0 radical (unpaired) electrons. The van der Waals surface area contributed by atoms with E-state index in [1.54, 1.807) is 4.57 Å². The second-order valence-electron chi connectivity index (χ2n) is 5.26. The molecule has 0 spiro atoms. The summed E-state index contributed by atoms with van der Waals surface area (Å²) >= 11 is 6.96. The van der Waals surface area contributed by atoms with Gasteiger partial charge in [-0.1, -0.05) is 36.5 Å². The molecule has 0 saturated carbocycles. The van der Waals surface area contributed by atoms with Crippen LogP contribution in [0.3, 0.4) is 0 Å². The molecule has 120 valence electrons. The Labute approximate surface area is 150 Å². The van der Waals surface area contributed by atoms with Crippen LogP contribution in [0.4, 0.5) is 5.69 Å². The molecule has 0 aliphatic rings. The minimum absolute atomic E-state index is 0.0889. The molecule has 3 nitrogen and oxygen atoms in total. The highest BCUT2D eigenvalue weighted by Crippen LogP contribution is 2.20. The van der Waals surface area contributed by atoms with Gasteiger partial charge in [0, 0.05) is 22.2 Å². The first-order valence-electron chi connectivity index (χ1n) is 7.45. The molecule has 0 aliphatic heterocycles. The van der Waals surface area contributed by atoms with E-state index >= 15 is 0 Å². The number of aromatic nitrogens is 1. The van der Waals surface area contributed by atoms with Crippen molar-refractivity contribution >= 4 is 45.7 Å². The van der Waals surface area contributed by atoms with Crippen LogP contribution < -0.4 is 15.0 Å². The van der Waals surface area contributed by atoms with Gasteiger partial charge < -0.3 is 10.4 Å². The maximum atomic E-state index is 13.0. The molecule has 0 bridgehead atoms. The molecule has 0 unspecified atom stereocenters. The fourth-order valence-corrected chi connectivity index (χ4v) is 3.29. The van der Waals surface area contributed by atoms with Gasteiger partial charge in [0.2, 0.25) is 5.70 Å². The third-order valence-electron chi connectivity index (χ3n) is 3.41. The maximum Gasteiger partial charge on any atom is 0.239 e. The van der Waals surface area contributed by atoms with Gasteiger partial charge in [-0.3, -0.25) is 0 Å². The van der Waals surface area contributed by atoms with Crippen LogP contribution >= 0.6 is 23.6 Å². The molecule has 2 aromatic heterocycles. The molecule has 5 heteroatoms. The zero-order chi connectivity index (χ0) is 16.9. The number of para-hydroxylation sites is 1. The van der Waals surface area contributed by atoms with Crippen molar-refractivity contribution in [2.24, 2.45) is 0 Å². The Balaban J connectivity index is 2.05. The number of hydrogen-bond acceptors (Lipinski definition) is 3. The van der Waals surface area contributed by atoms with E-state index in [2.05, 4.69) is 5.32 Å². The Morgan fingerprint density at radius 3 is 2.54 bits per heavy atom. The quantitative estimate of drug-likeness (QED) is 0.338. The average molecular weight is 352 g/mol. The van der Waals surface area contributed by atoms with Crippen molar-refractivity contribution in [1.29, 1.82) is 0 Å². The second kappa shape index (κ2) is 7.38. The number of thiocarbonyl (C=S) groups is 1. The zero-order valence-corrected chi connectivity index (χ0v) is 14.7. The lowest BCUT2D eigenvalue weighted by Crippen LogP contribution is -2.40. The molecule has 3 rings (SSSR count). The van der Waals surface area contributed by atoms with Crippen LogP contribution in [0.25, 0.3) is 11.5 Å². The van der Waals surface area contributed by atoms with Crippen LogP contribution in [0.15, 0.2) is 72.4 Å². The van der Waals surface area contributed by atoms with E-state index in [0.29, 0.717) is 15.6 Å². The Kier molecular flexibility index (Phi) is 5.03. The normalized spacial score (nSPS) is 11.7. The van der Waals surface area contributed by atoms with Crippen molar-refractivity contribution in [3.05, 3.63) is 82.8 Å². The summed E-state index contributed by atoms with van der Waals surface area (Å²) in [5, 5.41) is 18.0. The first kappa shape index (κ1) is 16.4. The van der Waals surface area contributed by atoms with Crippen LogP contribution in [-0.4, -0.2) is 4.99 Å². The van der Waals surface area contributed by atoms with Crippen LogP contribution in [-0.2, 0) is 0 Å². The average Bonchev–Trinajstić information content (AvgIpc) is 3.10. The van der Waals surface area contributed by atoms with Gasteiger partial charge in [-0.15, -0.1) is 11.3 Å². The number of pyridine rings is 1. The first-order valence-corrected chi connectivity index (χ1v) is 8.74. The van der Waals surface area contributed by atoms with Gasteiger partial charge in [-0.2, -0.15) is 4.57 Å². The van der Waals surface area contributed by atoms with E-state index in [1.807, 2.05) is 79.3 Å². The number of benzene rings is 1. The number of anilines is 1. The molecule has 0 atom stereocenters. The molecule has 0 saturated heterocycles. The summed E-state index contributed by atoms with van der Waals surface area (Å²) in [6, 6.07) is 17.2. The summed E-state index contributed by atoms with van der Waals surface area (Å²) in [7, 11) is 0. The summed E-state index contributed by atoms with van der Waals surface area (Å²) in [6.45, 7) is 1.98. The second-order valence-corrected chi connectivity index (χ2v) is 6.62. The predicted octanol–water partition coefficient (Wildman–Crippen LogP) is 3.47. The largest absolute Gasteiger partial charge is 0.867 e. The smallest absolute Gasteiger partial charge is 0.239 e. The topological polar surface area (TPSA) is 39.0 Å². The predicted molar refractivity (Wildman–Crippen MR) is 101 cm³/mol. The van der Waals surface area contributed by atoms with E-state index < -0.39 is 0 Å². The number of aryl methyl sites for hydroxylation is 1. The summed E-state index contributed by atoms with van der Waals surface area (Å²) in [5.41, 5.74) is 2.35. The monoisotopic (exact) mass is 352 g/mol. The van der Waals surface area contributed by atoms with Gasteiger partial charge in [-0.05, 0) is 42.3 Å². The Morgan fingerprint density at radius 2 is 1.88 bits per heavy atom. The van der Waals surface area contributed by atoms with Gasteiger partial charge in [0.15, 0.2) is 17.4 Å². The fourth-order valence-electron chi connectivity index (χ4n) is 2.31. The summed E-state index contributed by atoms with van der Waals surface area (Å²) < 4.78 is 1.79. The van der Waals surface area contributed by atoms with E-state index in [-0.39, 0.29) is 5.76 Å². The Bertz CT molecular complexity index is 871. The molecule has 3 aromatic rings. The van der Waals surface area contributed by atoms with E-state index in [4.69, 9.17) is 12.2 Å². The van der Waals surface area contributed by atoms with Crippen molar-refractivity contribution in [1.82, 2.24) is 0 Å². The van der Waals surface area contributed by atoms with Crippen molar-refractivity contribution < 1.29 is 9.67 Å². The van der Waals surface area contributed by atoms with Gasteiger partial charge in [0.25, 0.3) is 0 Å². The fraction of sp³-hybridized carbons (Fsp3) is 0.0526. The van der Waals surface area contributed by atoms with Crippen molar-refractivity contribution in [3.8, 4) is 0 Å². The lowest BCUT2D eigenvalue weighted by atomic mass is 10.2. The standard InChI is InChI=1S/C19H16N2OS2/c1-14-7-5-11-21(13-14)17(18(22)16-10-6-12-24-16)19(23)20-15-8-3-2-4-9-15/h2-13H,1H3,(H-,20,22,23). The third kappa shape index (κ3) is 3.69. The van der Waals surface area contributed by atoms with Gasteiger partial charge >= 0.3 is 0 Å². The van der Waals surface area contributed by atoms with E-state index in [9.17, 15) is 5.11 Å². The number of nitrogens with one attached hydrogen (secondary N) is 1. The highest BCUT2D eigenvalue weighted by atomic mass is 32.1. The van der Waals surface area contributed by atoms with E-state index in [0.717, 1.165) is 11.3 Å². The molecule has 2 heterocycles. The Hall–Kier alpha value is -2.50. The molecular formula is C19H16N2OS2. The molecule has 1 N–H and O–H groups in total. The SMILES string of the molecule is Cc1ccc[n+](C(C(=S)Nc2ccccc2)=C([O-])c2cccs2)c1. The molecule has 0 fully saturated rings. The molecule has 0 amide bonds. The summed E-state index contributed by atoms with van der Waals surface area (Å²) in [6.07, 6.45) is 3.74. The number of nitrogens with zero attached hydrogens (tertiary/aromatic N) is 1. The summed E-state index contributed by atoms with van der Waals surface area (Å²) in [4.78, 5) is 1.06. The molecule has 24 heavy (non-hydrogen) atoms. The highest BCUT2D eigenvalue weighted by Gasteiger charge is 2.19. The minimum atomic E-state index is -0.0889. The van der Waals surface area contributed by atoms with Crippen LogP contribution in [0.1, 0.15) is 10.4 Å². The summed E-state index contributed by atoms with van der Waals surface area (Å²) in [5.74, 6) is -0.0889. The van der Waals surface area contributed by atoms with Gasteiger partial charge in [0.05, 0.1) is 0 Å². The highest BCUT2D eigenvalue weighted by molar-refractivity contribution is 7.81. The zero-order valence-electron chi connectivity index (χ0n) is 13.1. The van der Waals surface area contributed by atoms with Crippen molar-refractivity contribution in [3.63, 3.8) is 0 Å². The minimum Gasteiger partial charge on any atom is -0.867 e. The molecule has 0 aliphatic carbocycles. The van der Waals surface area contributed by atoms with Crippen LogP contribution in [0.2, 0.25) is 0 Å². The Morgan fingerprint density at radius 1 is 1.08 bits per heavy atom. The molecule has 1 aromatic carbocycles. The lowest BCUT2D eigenvalue weighted by molar-refractivity contribution is -0.578. The van der Waals surface area contributed by atoms with E-state index in [1.165, 1.54) is 11.3 Å². The van der Waals surface area contributed by atoms with Crippen molar-refractivity contribution in [2.75, 3.05) is 5.32 Å². The van der Waals surface area contributed by atoms with Gasteiger partial charge in [-0.25, -0.2) is 0 Å². The number of hydrogen-bond donors (Lipinski definition) is 1. The number of rotatable bonds is 4. The third-order valence-corrected chi connectivity index (χ3v) is 4.58.